The molecule has 0 fully saturated rings. The van der Waals surface area contributed by atoms with Gasteiger partial charge in [-0.1, -0.05) is 6.92 Å². The fraction of sp³-hybridized carbons (Fsp3) is 0.529. The van der Waals surface area contributed by atoms with E-state index in [2.05, 4.69) is 16.8 Å². The molecule has 0 aliphatic carbocycles. The Morgan fingerprint density at radius 3 is 2.65 bits per heavy atom. The summed E-state index contributed by atoms with van der Waals surface area (Å²) in [4.78, 5) is 8.06. The smallest absolute Gasteiger partial charge is 0.149 e. The van der Waals surface area contributed by atoms with Crippen LogP contribution in [0.25, 0.3) is 0 Å². The van der Waals surface area contributed by atoms with Gasteiger partial charge in [0.2, 0.25) is 0 Å². The molecular formula is C17H25FN4O. The maximum Gasteiger partial charge on any atom is 0.149 e. The number of halogens is 1. The van der Waals surface area contributed by atoms with E-state index in [1.807, 2.05) is 27.2 Å². The van der Waals surface area contributed by atoms with Gasteiger partial charge in [0.15, 0.2) is 0 Å². The standard InChI is InChI=1S/C17H25FN4O/c1-6-22(5)8-7-9-23-16-10-15(20-12-21(3)4)14(11-19)17(18)13(16)2/h10,12H,6-9H2,1-5H3. The monoisotopic (exact) mass is 320 g/mol. The third-order valence-corrected chi connectivity index (χ3v) is 3.46. The van der Waals surface area contributed by atoms with Crippen LogP contribution < -0.4 is 4.74 Å². The lowest BCUT2D eigenvalue weighted by Crippen LogP contribution is -2.20. The minimum Gasteiger partial charge on any atom is -0.493 e. The lowest BCUT2D eigenvalue weighted by atomic mass is 10.1. The topological polar surface area (TPSA) is 51.9 Å². The van der Waals surface area contributed by atoms with E-state index in [0.29, 0.717) is 17.9 Å². The Kier molecular flexibility index (Phi) is 7.49. The van der Waals surface area contributed by atoms with Crippen molar-refractivity contribution in [3.8, 4) is 11.8 Å². The molecule has 0 radical (unpaired) electrons. The van der Waals surface area contributed by atoms with Crippen LogP contribution in [0.15, 0.2) is 11.1 Å². The number of ether oxygens (including phenoxy) is 1. The molecule has 6 heteroatoms. The number of nitriles is 1. The Morgan fingerprint density at radius 2 is 2.09 bits per heavy atom. The van der Waals surface area contributed by atoms with Gasteiger partial charge in [0.25, 0.3) is 0 Å². The van der Waals surface area contributed by atoms with Gasteiger partial charge in [-0.3, -0.25) is 0 Å². The molecular weight excluding hydrogens is 295 g/mol. The predicted molar refractivity (Wildman–Crippen MR) is 91.0 cm³/mol. The Morgan fingerprint density at radius 1 is 1.39 bits per heavy atom. The highest BCUT2D eigenvalue weighted by Gasteiger charge is 2.16. The van der Waals surface area contributed by atoms with Gasteiger partial charge in [-0.2, -0.15) is 5.26 Å². The van der Waals surface area contributed by atoms with Crippen LogP contribution in [0.3, 0.4) is 0 Å². The van der Waals surface area contributed by atoms with E-state index in [4.69, 9.17) is 10.00 Å². The molecule has 0 aromatic heterocycles. The first-order valence-electron chi connectivity index (χ1n) is 7.65. The summed E-state index contributed by atoms with van der Waals surface area (Å²) in [6, 6.07) is 3.50. The molecule has 1 aromatic carbocycles. The van der Waals surface area contributed by atoms with Crippen molar-refractivity contribution in [1.29, 1.82) is 5.26 Å². The van der Waals surface area contributed by atoms with Gasteiger partial charge in [-0.05, 0) is 26.9 Å². The zero-order valence-corrected chi connectivity index (χ0v) is 14.6. The van der Waals surface area contributed by atoms with Gasteiger partial charge >= 0.3 is 0 Å². The summed E-state index contributed by atoms with van der Waals surface area (Å²) in [6.45, 7) is 6.10. The number of benzene rings is 1. The number of aliphatic imine (C=N–C) groups is 1. The molecule has 1 rings (SSSR count). The van der Waals surface area contributed by atoms with Gasteiger partial charge in [0.05, 0.1) is 18.6 Å². The zero-order valence-electron chi connectivity index (χ0n) is 14.6. The molecule has 0 N–H and O–H groups in total. The van der Waals surface area contributed by atoms with E-state index in [9.17, 15) is 4.39 Å². The van der Waals surface area contributed by atoms with Gasteiger partial charge in [-0.15, -0.1) is 0 Å². The Bertz CT molecular complexity index is 593. The van der Waals surface area contributed by atoms with Gasteiger partial charge < -0.3 is 14.5 Å². The van der Waals surface area contributed by atoms with Crippen molar-refractivity contribution in [1.82, 2.24) is 9.80 Å². The van der Waals surface area contributed by atoms with Crippen LogP contribution in [0, 0.1) is 24.1 Å². The fourth-order valence-corrected chi connectivity index (χ4v) is 1.92. The van der Waals surface area contributed by atoms with Crippen molar-refractivity contribution in [2.45, 2.75) is 20.3 Å². The molecule has 1 aromatic rings. The van der Waals surface area contributed by atoms with Crippen molar-refractivity contribution in [3.63, 3.8) is 0 Å². The third kappa shape index (κ3) is 5.53. The van der Waals surface area contributed by atoms with E-state index in [1.165, 1.54) is 6.34 Å². The van der Waals surface area contributed by atoms with E-state index in [0.717, 1.165) is 19.5 Å². The quantitative estimate of drug-likeness (QED) is 0.420. The van der Waals surface area contributed by atoms with Crippen LogP contribution >= 0.6 is 0 Å². The number of hydrogen-bond acceptors (Lipinski definition) is 4. The van der Waals surface area contributed by atoms with E-state index in [-0.39, 0.29) is 11.3 Å². The summed E-state index contributed by atoms with van der Waals surface area (Å²) in [5.74, 6) is -0.131. The average Bonchev–Trinajstić information content (AvgIpc) is 2.53. The van der Waals surface area contributed by atoms with E-state index in [1.54, 1.807) is 17.9 Å². The second-order valence-corrected chi connectivity index (χ2v) is 5.63. The SMILES string of the molecule is CCN(C)CCCOc1cc(N=CN(C)C)c(C#N)c(F)c1C. The first-order valence-corrected chi connectivity index (χ1v) is 7.65. The van der Waals surface area contributed by atoms with Crippen LogP contribution in [0.1, 0.15) is 24.5 Å². The molecule has 0 atom stereocenters. The minimum atomic E-state index is -0.568. The third-order valence-electron chi connectivity index (χ3n) is 3.46. The molecule has 0 spiro atoms. The number of nitrogens with zero attached hydrogens (tertiary/aromatic N) is 4. The van der Waals surface area contributed by atoms with Crippen molar-refractivity contribution in [2.75, 3.05) is 40.8 Å². The van der Waals surface area contributed by atoms with Crippen molar-refractivity contribution >= 4 is 12.0 Å². The van der Waals surface area contributed by atoms with Crippen LogP contribution in [0.2, 0.25) is 0 Å². The molecule has 0 unspecified atom stereocenters. The van der Waals surface area contributed by atoms with Crippen LogP contribution in [0.5, 0.6) is 5.75 Å². The van der Waals surface area contributed by atoms with Crippen molar-refractivity contribution < 1.29 is 9.13 Å². The summed E-state index contributed by atoms with van der Waals surface area (Å²) < 4.78 is 20.0. The first kappa shape index (κ1) is 18.9. The highest BCUT2D eigenvalue weighted by Crippen LogP contribution is 2.32. The highest BCUT2D eigenvalue weighted by atomic mass is 19.1. The second-order valence-electron chi connectivity index (χ2n) is 5.63. The molecule has 126 valence electrons. The lowest BCUT2D eigenvalue weighted by molar-refractivity contribution is 0.266. The molecule has 0 amide bonds. The van der Waals surface area contributed by atoms with Crippen molar-refractivity contribution in [3.05, 3.63) is 23.0 Å². The molecule has 0 heterocycles. The molecule has 23 heavy (non-hydrogen) atoms. The first-order chi connectivity index (χ1) is 10.9. The van der Waals surface area contributed by atoms with Crippen LogP contribution in [-0.4, -0.2) is 57.0 Å². The zero-order chi connectivity index (χ0) is 17.4. The largest absolute Gasteiger partial charge is 0.493 e. The van der Waals surface area contributed by atoms with E-state index >= 15 is 0 Å². The Balaban J connectivity index is 2.93. The summed E-state index contributed by atoms with van der Waals surface area (Å²) in [7, 11) is 5.66. The summed E-state index contributed by atoms with van der Waals surface area (Å²) in [6.07, 6.45) is 2.38. The second kappa shape index (κ2) is 9.11. The summed E-state index contributed by atoms with van der Waals surface area (Å²) in [5.41, 5.74) is 0.567. The summed E-state index contributed by atoms with van der Waals surface area (Å²) >= 11 is 0. The Labute approximate surface area is 138 Å². The van der Waals surface area contributed by atoms with Crippen molar-refractivity contribution in [2.24, 2.45) is 4.99 Å². The van der Waals surface area contributed by atoms with E-state index < -0.39 is 5.82 Å². The van der Waals surface area contributed by atoms with Gasteiger partial charge in [0, 0.05) is 32.3 Å². The predicted octanol–water partition coefficient (Wildman–Crippen LogP) is 2.95. The maximum absolute atomic E-state index is 14.3. The minimum absolute atomic E-state index is 0.0568. The Hall–Kier alpha value is -2.13. The lowest BCUT2D eigenvalue weighted by Gasteiger charge is -2.15. The number of rotatable bonds is 8. The average molecular weight is 320 g/mol. The molecule has 5 nitrogen and oxygen atoms in total. The van der Waals surface area contributed by atoms with Crippen LogP contribution in [0.4, 0.5) is 10.1 Å². The van der Waals surface area contributed by atoms with Gasteiger partial charge in [0.1, 0.15) is 23.2 Å². The highest BCUT2D eigenvalue weighted by molar-refractivity contribution is 5.67. The molecule has 0 saturated heterocycles. The molecule has 0 saturated carbocycles. The number of hydrogen-bond donors (Lipinski definition) is 0. The summed E-state index contributed by atoms with van der Waals surface area (Å²) in [5, 5.41) is 9.16. The normalized spacial score (nSPS) is 11.0. The molecule has 0 bridgehead atoms. The fourth-order valence-electron chi connectivity index (χ4n) is 1.92. The maximum atomic E-state index is 14.3. The molecule has 0 aliphatic rings. The molecule has 0 aliphatic heterocycles. The van der Waals surface area contributed by atoms with Gasteiger partial charge in [-0.25, -0.2) is 9.38 Å². The van der Waals surface area contributed by atoms with Crippen LogP contribution in [-0.2, 0) is 0 Å².